The first kappa shape index (κ1) is 25.7. The van der Waals surface area contributed by atoms with Crippen molar-refractivity contribution in [1.82, 2.24) is 0 Å². The van der Waals surface area contributed by atoms with Crippen molar-refractivity contribution in [1.29, 1.82) is 0 Å². The molecule has 0 saturated carbocycles. The highest BCUT2D eigenvalue weighted by molar-refractivity contribution is 7.12. The van der Waals surface area contributed by atoms with Crippen LogP contribution >= 0.6 is 22.9 Å². The van der Waals surface area contributed by atoms with Gasteiger partial charge in [-0.05, 0) is 53.4 Å². The number of hydrogen-bond donors (Lipinski definition) is 0. The lowest BCUT2D eigenvalue weighted by atomic mass is 9.64. The van der Waals surface area contributed by atoms with E-state index in [1.54, 1.807) is 68.8 Å². The second-order valence-corrected chi connectivity index (χ2v) is 11.7. The number of Topliss-reactive ketones (excluding diaryl/α,β-unsaturated/α-hetero) is 3. The molecule has 4 aromatic rings. The molecule has 3 aromatic carbocycles. The molecule has 7 rings (SSSR count). The Hall–Kier alpha value is -4.20. The van der Waals surface area contributed by atoms with Crippen molar-refractivity contribution in [3.63, 3.8) is 0 Å². The van der Waals surface area contributed by atoms with E-state index >= 15 is 0 Å². The normalized spacial score (nSPS) is 21.5. The number of benzene rings is 3. The molecule has 1 saturated heterocycles. The Morgan fingerprint density at radius 3 is 2.34 bits per heavy atom. The molecule has 1 fully saturated rings. The summed E-state index contributed by atoms with van der Waals surface area (Å²) < 4.78 is 11.4. The van der Waals surface area contributed by atoms with Crippen LogP contribution < -0.4 is 14.4 Å². The van der Waals surface area contributed by atoms with Crippen LogP contribution in [0, 0.1) is 5.41 Å². The maximum absolute atomic E-state index is 14.8. The van der Waals surface area contributed by atoms with Gasteiger partial charge in [0, 0.05) is 33.3 Å². The molecule has 1 unspecified atom stereocenters. The monoisotopic (exact) mass is 581 g/mol. The fraction of sp³-hybridized carbons (Fsp3) is 0.182. The van der Waals surface area contributed by atoms with Crippen molar-refractivity contribution in [2.24, 2.45) is 5.41 Å². The fourth-order valence-electron chi connectivity index (χ4n) is 6.94. The number of ketones is 3. The lowest BCUT2D eigenvalue weighted by molar-refractivity contribution is 0.0664. The minimum atomic E-state index is -1.63. The second-order valence-electron chi connectivity index (χ2n) is 10.4. The van der Waals surface area contributed by atoms with E-state index in [1.807, 2.05) is 40.6 Å². The fourth-order valence-corrected chi connectivity index (χ4v) is 7.82. The number of methoxy groups -OCH3 is 2. The van der Waals surface area contributed by atoms with E-state index in [0.717, 1.165) is 11.3 Å². The molecular formula is C33H24ClNO5S. The number of rotatable bonds is 5. The first-order valence-corrected chi connectivity index (χ1v) is 14.4. The molecule has 0 radical (unpaired) electrons. The summed E-state index contributed by atoms with van der Waals surface area (Å²) >= 11 is 7.70. The van der Waals surface area contributed by atoms with E-state index in [9.17, 15) is 14.4 Å². The van der Waals surface area contributed by atoms with E-state index in [2.05, 4.69) is 0 Å². The third-order valence-electron chi connectivity index (χ3n) is 8.57. The SMILES string of the molecule is COc1ccc(OC)c([C@H]2[C@H](C(=O)c3cccs3)N3c4ccc(Cl)cc4C=CC3C23C(=O)c2ccccc2C3=O)c1. The predicted molar refractivity (Wildman–Crippen MR) is 159 cm³/mol. The van der Waals surface area contributed by atoms with Crippen molar-refractivity contribution in [3.8, 4) is 11.5 Å². The Balaban J connectivity index is 1.59. The molecular weight excluding hydrogens is 558 g/mol. The zero-order chi connectivity index (χ0) is 28.5. The van der Waals surface area contributed by atoms with Crippen LogP contribution in [0.2, 0.25) is 5.02 Å². The number of carbonyl (C=O) groups is 3. The van der Waals surface area contributed by atoms with Crippen molar-refractivity contribution in [3.05, 3.63) is 116 Å². The lowest BCUT2D eigenvalue weighted by Crippen LogP contribution is -2.48. The molecule has 6 nitrogen and oxygen atoms in total. The Kier molecular flexibility index (Phi) is 5.92. The maximum atomic E-state index is 14.8. The highest BCUT2D eigenvalue weighted by Gasteiger charge is 2.72. The average molecular weight is 582 g/mol. The van der Waals surface area contributed by atoms with Gasteiger partial charge in [-0.25, -0.2) is 0 Å². The molecule has 3 heterocycles. The largest absolute Gasteiger partial charge is 0.497 e. The number of fused-ring (bicyclic) bond motifs is 5. The molecule has 0 amide bonds. The summed E-state index contributed by atoms with van der Waals surface area (Å²) in [4.78, 5) is 46.6. The van der Waals surface area contributed by atoms with E-state index in [0.29, 0.717) is 38.1 Å². The summed E-state index contributed by atoms with van der Waals surface area (Å²) in [6.45, 7) is 0. The highest BCUT2D eigenvalue weighted by Crippen LogP contribution is 2.62. The molecule has 1 spiro atoms. The van der Waals surface area contributed by atoms with E-state index in [4.69, 9.17) is 21.1 Å². The Morgan fingerprint density at radius 1 is 0.927 bits per heavy atom. The van der Waals surface area contributed by atoms with E-state index < -0.39 is 23.4 Å². The van der Waals surface area contributed by atoms with Gasteiger partial charge in [0.05, 0.1) is 25.1 Å². The van der Waals surface area contributed by atoms with Crippen molar-refractivity contribution >= 4 is 52.1 Å². The first-order valence-electron chi connectivity index (χ1n) is 13.2. The van der Waals surface area contributed by atoms with Gasteiger partial charge in [0.15, 0.2) is 17.3 Å². The van der Waals surface area contributed by atoms with Crippen LogP contribution in [-0.4, -0.2) is 43.7 Å². The summed E-state index contributed by atoms with van der Waals surface area (Å²) in [5.74, 6) is -0.675. The van der Waals surface area contributed by atoms with Gasteiger partial charge in [0.1, 0.15) is 23.0 Å². The van der Waals surface area contributed by atoms with Gasteiger partial charge in [-0.1, -0.05) is 54.1 Å². The molecule has 0 bridgehead atoms. The van der Waals surface area contributed by atoms with Gasteiger partial charge in [-0.3, -0.25) is 14.4 Å². The van der Waals surface area contributed by atoms with Gasteiger partial charge < -0.3 is 14.4 Å². The number of nitrogens with zero attached hydrogens (tertiary/aromatic N) is 1. The van der Waals surface area contributed by atoms with Gasteiger partial charge in [0.2, 0.25) is 0 Å². The molecule has 8 heteroatoms. The molecule has 1 aromatic heterocycles. The number of anilines is 1. The van der Waals surface area contributed by atoms with Crippen LogP contribution in [-0.2, 0) is 0 Å². The van der Waals surface area contributed by atoms with Crippen LogP contribution in [0.4, 0.5) is 5.69 Å². The molecule has 3 atom stereocenters. The van der Waals surface area contributed by atoms with Gasteiger partial charge in [-0.15, -0.1) is 11.3 Å². The molecule has 2 aliphatic heterocycles. The van der Waals surface area contributed by atoms with Gasteiger partial charge in [-0.2, -0.15) is 0 Å². The minimum Gasteiger partial charge on any atom is -0.497 e. The topological polar surface area (TPSA) is 72.9 Å². The molecule has 1 aliphatic carbocycles. The smallest absolute Gasteiger partial charge is 0.195 e. The molecule has 0 N–H and O–H groups in total. The highest BCUT2D eigenvalue weighted by atomic mass is 35.5. The third kappa shape index (κ3) is 3.46. The predicted octanol–water partition coefficient (Wildman–Crippen LogP) is 6.74. The summed E-state index contributed by atoms with van der Waals surface area (Å²) in [6, 6.07) is 19.6. The molecule has 204 valence electrons. The van der Waals surface area contributed by atoms with Crippen LogP contribution in [0.3, 0.4) is 0 Å². The molecule has 41 heavy (non-hydrogen) atoms. The summed E-state index contributed by atoms with van der Waals surface area (Å²) in [5.41, 5.74) is 1.20. The van der Waals surface area contributed by atoms with Crippen LogP contribution in [0.15, 0.2) is 84.3 Å². The Labute approximate surface area is 245 Å². The number of carbonyl (C=O) groups excluding carboxylic acids is 3. The maximum Gasteiger partial charge on any atom is 0.195 e. The quantitative estimate of drug-likeness (QED) is 0.192. The minimum absolute atomic E-state index is 0.176. The van der Waals surface area contributed by atoms with E-state index in [1.165, 1.54) is 11.3 Å². The summed E-state index contributed by atoms with van der Waals surface area (Å²) in [7, 11) is 3.10. The third-order valence-corrected chi connectivity index (χ3v) is 9.69. The summed E-state index contributed by atoms with van der Waals surface area (Å²) in [6.07, 6.45) is 3.77. The number of halogens is 1. The lowest BCUT2D eigenvalue weighted by Gasteiger charge is -2.37. The van der Waals surface area contributed by atoms with Crippen molar-refractivity contribution < 1.29 is 23.9 Å². The van der Waals surface area contributed by atoms with Crippen LogP contribution in [0.5, 0.6) is 11.5 Å². The zero-order valence-corrected chi connectivity index (χ0v) is 23.7. The van der Waals surface area contributed by atoms with Crippen molar-refractivity contribution in [2.75, 3.05) is 19.1 Å². The second kappa shape index (κ2) is 9.43. The van der Waals surface area contributed by atoms with Gasteiger partial charge >= 0.3 is 0 Å². The van der Waals surface area contributed by atoms with Gasteiger partial charge in [0.25, 0.3) is 0 Å². The Bertz CT molecular complexity index is 1740. The first-order chi connectivity index (χ1) is 19.9. The van der Waals surface area contributed by atoms with Crippen LogP contribution in [0.1, 0.15) is 47.4 Å². The number of thiophene rings is 1. The number of ether oxygens (including phenoxy) is 2. The number of hydrogen-bond acceptors (Lipinski definition) is 7. The summed E-state index contributed by atoms with van der Waals surface area (Å²) in [5, 5.41) is 2.40. The molecule has 3 aliphatic rings. The van der Waals surface area contributed by atoms with Crippen LogP contribution in [0.25, 0.3) is 6.08 Å². The van der Waals surface area contributed by atoms with E-state index in [-0.39, 0.29) is 17.3 Å². The van der Waals surface area contributed by atoms with Crippen molar-refractivity contribution in [2.45, 2.75) is 18.0 Å². The standard InChI is InChI=1S/C33H24ClNO5S/c1-39-20-11-13-25(40-2)23(17-20)28-29(30(36)26-8-5-15-41-26)35-24-12-10-19(34)16-18(24)9-14-27(35)33(28)31(37)21-6-3-4-7-22(21)32(33)38/h3-17,27-29H,1-2H3/t27?,28-,29+/m0/s1. The zero-order valence-electron chi connectivity index (χ0n) is 22.2. The average Bonchev–Trinajstić information content (AvgIpc) is 3.70. The Morgan fingerprint density at radius 2 is 1.68 bits per heavy atom.